The summed E-state index contributed by atoms with van der Waals surface area (Å²) in [5.74, 6) is -0.0142. The van der Waals surface area contributed by atoms with Gasteiger partial charge in [0.25, 0.3) is 0 Å². The van der Waals surface area contributed by atoms with Crippen LogP contribution in [-0.4, -0.2) is 29.1 Å². The lowest BCUT2D eigenvalue weighted by Gasteiger charge is -2.25. The van der Waals surface area contributed by atoms with Gasteiger partial charge < -0.3 is 15.4 Å². The van der Waals surface area contributed by atoms with Crippen molar-refractivity contribution in [3.05, 3.63) is 24.0 Å². The highest BCUT2D eigenvalue weighted by atomic mass is 16.3. The molecule has 4 nitrogen and oxygen atoms in total. The lowest BCUT2D eigenvalue weighted by Crippen LogP contribution is -2.41. The maximum absolute atomic E-state index is 11.9. The molecule has 1 saturated carbocycles. The van der Waals surface area contributed by atoms with Gasteiger partial charge in [-0.2, -0.15) is 0 Å². The summed E-state index contributed by atoms with van der Waals surface area (Å²) in [5, 5.41) is 12.1. The molecule has 2 rings (SSSR count). The maximum atomic E-state index is 11.9. The van der Waals surface area contributed by atoms with Gasteiger partial charge in [-0.25, -0.2) is 0 Å². The fourth-order valence-electron chi connectivity index (χ4n) is 1.94. The van der Waals surface area contributed by atoms with Crippen LogP contribution >= 0.6 is 0 Å². The molecule has 94 valence electrons. The molecule has 0 saturated heterocycles. The van der Waals surface area contributed by atoms with E-state index < -0.39 is 5.41 Å². The highest BCUT2D eigenvalue weighted by molar-refractivity contribution is 5.85. The fourth-order valence-corrected chi connectivity index (χ4v) is 1.94. The van der Waals surface area contributed by atoms with Crippen molar-refractivity contribution < 1.29 is 9.90 Å². The minimum Gasteiger partial charge on any atom is -0.395 e. The third-order valence-corrected chi connectivity index (χ3v) is 3.66. The number of rotatable bonds is 5. The summed E-state index contributed by atoms with van der Waals surface area (Å²) < 4.78 is 0. The van der Waals surface area contributed by atoms with E-state index in [-0.39, 0.29) is 17.9 Å². The Morgan fingerprint density at radius 2 is 2.29 bits per heavy atom. The first kappa shape index (κ1) is 12.2. The fraction of sp³-hybridized carbons (Fsp3) is 0.615. The quantitative estimate of drug-likeness (QED) is 0.718. The number of aliphatic hydroxyl groups excluding tert-OH is 1. The minimum absolute atomic E-state index is 0.0142. The van der Waals surface area contributed by atoms with E-state index in [0.717, 1.165) is 18.5 Å². The van der Waals surface area contributed by atoms with Gasteiger partial charge in [-0.15, -0.1) is 0 Å². The van der Waals surface area contributed by atoms with Gasteiger partial charge >= 0.3 is 0 Å². The van der Waals surface area contributed by atoms with Crippen LogP contribution in [-0.2, 0) is 10.2 Å². The average Bonchev–Trinajstić information content (AvgIpc) is 2.90. The Labute approximate surface area is 101 Å². The molecule has 0 aliphatic heterocycles. The molecule has 1 amide bonds. The van der Waals surface area contributed by atoms with Gasteiger partial charge in [0.1, 0.15) is 0 Å². The smallest absolute Gasteiger partial charge is 0.228 e. The molecule has 0 radical (unpaired) electrons. The SMILES string of the molecule is CC(C)(CNC(=O)C1(CO)CC1)c1ccc[nH]1. The van der Waals surface area contributed by atoms with E-state index in [9.17, 15) is 9.90 Å². The number of aliphatic hydroxyl groups is 1. The Morgan fingerprint density at radius 1 is 1.59 bits per heavy atom. The van der Waals surface area contributed by atoms with Crippen LogP contribution in [0.15, 0.2) is 18.3 Å². The van der Waals surface area contributed by atoms with Crippen molar-refractivity contribution in [1.82, 2.24) is 10.3 Å². The number of carbonyl (C=O) groups is 1. The van der Waals surface area contributed by atoms with E-state index in [2.05, 4.69) is 24.1 Å². The molecule has 1 aromatic heterocycles. The zero-order chi connectivity index (χ0) is 12.5. The maximum Gasteiger partial charge on any atom is 0.228 e. The van der Waals surface area contributed by atoms with E-state index in [1.165, 1.54) is 0 Å². The summed E-state index contributed by atoms with van der Waals surface area (Å²) in [6.45, 7) is 4.70. The van der Waals surface area contributed by atoms with Gasteiger partial charge in [0.05, 0.1) is 12.0 Å². The van der Waals surface area contributed by atoms with Gasteiger partial charge in [-0.05, 0) is 25.0 Å². The Hall–Kier alpha value is -1.29. The van der Waals surface area contributed by atoms with Gasteiger partial charge in [0, 0.05) is 23.9 Å². The first-order valence-electron chi connectivity index (χ1n) is 6.03. The van der Waals surface area contributed by atoms with Crippen molar-refractivity contribution in [1.29, 1.82) is 0 Å². The summed E-state index contributed by atoms with van der Waals surface area (Å²) in [5.41, 5.74) is 0.503. The molecule has 1 aliphatic carbocycles. The molecular weight excluding hydrogens is 216 g/mol. The number of amides is 1. The number of aromatic nitrogens is 1. The van der Waals surface area contributed by atoms with E-state index in [1.54, 1.807) is 0 Å². The Kier molecular flexibility index (Phi) is 3.00. The van der Waals surface area contributed by atoms with Crippen molar-refractivity contribution in [2.45, 2.75) is 32.1 Å². The molecule has 0 aromatic carbocycles. The van der Waals surface area contributed by atoms with Crippen LogP contribution in [0.1, 0.15) is 32.4 Å². The van der Waals surface area contributed by atoms with E-state index in [1.807, 2.05) is 18.3 Å². The van der Waals surface area contributed by atoms with Crippen LogP contribution in [0.4, 0.5) is 0 Å². The molecular formula is C13H20N2O2. The summed E-state index contributed by atoms with van der Waals surface area (Å²) in [6, 6.07) is 3.97. The largest absolute Gasteiger partial charge is 0.395 e. The van der Waals surface area contributed by atoms with Gasteiger partial charge in [-0.3, -0.25) is 4.79 Å². The standard InChI is InChI=1S/C13H20N2O2/c1-12(2,10-4-3-7-14-10)8-15-11(17)13(9-16)5-6-13/h3-4,7,14,16H,5-6,8-9H2,1-2H3,(H,15,17). The lowest BCUT2D eigenvalue weighted by atomic mass is 9.89. The zero-order valence-electron chi connectivity index (χ0n) is 10.4. The number of nitrogens with one attached hydrogen (secondary N) is 2. The molecule has 1 heterocycles. The second-order valence-electron chi connectivity index (χ2n) is 5.59. The van der Waals surface area contributed by atoms with Crippen LogP contribution in [0.25, 0.3) is 0 Å². The Bertz CT molecular complexity index is 392. The molecule has 17 heavy (non-hydrogen) atoms. The molecule has 0 spiro atoms. The van der Waals surface area contributed by atoms with Crippen LogP contribution in [0.3, 0.4) is 0 Å². The monoisotopic (exact) mass is 236 g/mol. The third-order valence-electron chi connectivity index (χ3n) is 3.66. The van der Waals surface area contributed by atoms with Crippen molar-refractivity contribution >= 4 is 5.91 Å². The highest BCUT2D eigenvalue weighted by Gasteiger charge is 2.49. The Morgan fingerprint density at radius 3 is 2.76 bits per heavy atom. The number of H-pyrrole nitrogens is 1. The normalized spacial score (nSPS) is 17.8. The van der Waals surface area contributed by atoms with Gasteiger partial charge in [0.15, 0.2) is 0 Å². The summed E-state index contributed by atoms with van der Waals surface area (Å²) >= 11 is 0. The molecule has 0 bridgehead atoms. The van der Waals surface area contributed by atoms with Crippen LogP contribution < -0.4 is 5.32 Å². The molecule has 0 atom stereocenters. The molecule has 1 fully saturated rings. The zero-order valence-corrected chi connectivity index (χ0v) is 10.4. The number of hydrogen-bond donors (Lipinski definition) is 3. The molecule has 0 unspecified atom stereocenters. The average molecular weight is 236 g/mol. The van der Waals surface area contributed by atoms with E-state index >= 15 is 0 Å². The Balaban J connectivity index is 1.92. The topological polar surface area (TPSA) is 65.1 Å². The van der Waals surface area contributed by atoms with E-state index in [4.69, 9.17) is 0 Å². The number of carbonyl (C=O) groups excluding carboxylic acids is 1. The summed E-state index contributed by atoms with van der Waals surface area (Å²) in [4.78, 5) is 15.1. The van der Waals surface area contributed by atoms with Gasteiger partial charge in [-0.1, -0.05) is 13.8 Å². The third kappa shape index (κ3) is 2.36. The minimum atomic E-state index is -0.480. The van der Waals surface area contributed by atoms with Crippen molar-refractivity contribution in [2.75, 3.05) is 13.2 Å². The second-order valence-corrected chi connectivity index (χ2v) is 5.59. The summed E-state index contributed by atoms with van der Waals surface area (Å²) in [7, 11) is 0. The first-order chi connectivity index (χ1) is 8.00. The van der Waals surface area contributed by atoms with Crippen molar-refractivity contribution in [3.8, 4) is 0 Å². The van der Waals surface area contributed by atoms with Crippen LogP contribution in [0, 0.1) is 5.41 Å². The molecule has 4 heteroatoms. The molecule has 1 aliphatic rings. The van der Waals surface area contributed by atoms with E-state index in [0.29, 0.717) is 6.54 Å². The molecule has 1 aromatic rings. The summed E-state index contributed by atoms with van der Waals surface area (Å²) in [6.07, 6.45) is 3.49. The number of aromatic amines is 1. The lowest BCUT2D eigenvalue weighted by molar-refractivity contribution is -0.127. The first-order valence-corrected chi connectivity index (χ1v) is 6.03. The van der Waals surface area contributed by atoms with Crippen molar-refractivity contribution in [2.24, 2.45) is 5.41 Å². The van der Waals surface area contributed by atoms with Crippen molar-refractivity contribution in [3.63, 3.8) is 0 Å². The van der Waals surface area contributed by atoms with Crippen LogP contribution in [0.2, 0.25) is 0 Å². The second kappa shape index (κ2) is 4.18. The molecule has 3 N–H and O–H groups in total. The van der Waals surface area contributed by atoms with Crippen LogP contribution in [0.5, 0.6) is 0 Å². The van der Waals surface area contributed by atoms with Gasteiger partial charge in [0.2, 0.25) is 5.91 Å². The highest BCUT2D eigenvalue weighted by Crippen LogP contribution is 2.45. The predicted octanol–water partition coefficient (Wildman–Crippen LogP) is 1.18. The predicted molar refractivity (Wildman–Crippen MR) is 65.6 cm³/mol. The number of hydrogen-bond acceptors (Lipinski definition) is 2.